The van der Waals surface area contributed by atoms with Crippen LogP contribution in [0, 0.1) is 0 Å². The van der Waals surface area contributed by atoms with Gasteiger partial charge in [0.25, 0.3) is 5.91 Å². The molecule has 1 aliphatic rings. The van der Waals surface area contributed by atoms with Crippen LogP contribution in [0.15, 0.2) is 59.6 Å². The number of rotatable bonds is 6. The molecule has 0 unspecified atom stereocenters. The summed E-state index contributed by atoms with van der Waals surface area (Å²) in [6.07, 6.45) is 0.849. The smallest absolute Gasteiger partial charge is 0.253 e. The van der Waals surface area contributed by atoms with Crippen LogP contribution in [-0.4, -0.2) is 80.4 Å². The molecule has 7 heteroatoms. The lowest BCUT2D eigenvalue weighted by atomic mass is 10.1. The second kappa shape index (κ2) is 12.7. The minimum absolute atomic E-state index is 0. The molecule has 3 rings (SSSR count). The molecular formula is C24H34IN5O. The molecule has 0 saturated carbocycles. The van der Waals surface area contributed by atoms with Crippen molar-refractivity contribution in [2.75, 3.05) is 53.9 Å². The van der Waals surface area contributed by atoms with Gasteiger partial charge in [0.05, 0.1) is 0 Å². The number of hydrogen-bond donors (Lipinski definition) is 1. The fourth-order valence-corrected chi connectivity index (χ4v) is 3.73. The topological polar surface area (TPSA) is 51.2 Å². The molecule has 1 amide bonds. The highest BCUT2D eigenvalue weighted by Gasteiger charge is 2.19. The molecule has 0 atom stereocenters. The van der Waals surface area contributed by atoms with Crippen LogP contribution in [0.4, 0.5) is 0 Å². The third-order valence-electron chi connectivity index (χ3n) is 5.41. The van der Waals surface area contributed by atoms with Crippen LogP contribution in [0.25, 0.3) is 0 Å². The van der Waals surface area contributed by atoms with Gasteiger partial charge in [0.2, 0.25) is 0 Å². The van der Waals surface area contributed by atoms with Gasteiger partial charge in [-0.05, 0) is 29.7 Å². The largest absolute Gasteiger partial charge is 0.356 e. The SMILES string of the molecule is CN=C(NCCc1cccc(C(=O)N(C)C)c1)N1CCN(Cc2ccccc2)CC1.I. The van der Waals surface area contributed by atoms with Gasteiger partial charge in [0.15, 0.2) is 5.96 Å². The van der Waals surface area contributed by atoms with Crippen molar-refractivity contribution < 1.29 is 4.79 Å². The number of nitrogens with zero attached hydrogens (tertiary/aromatic N) is 4. The number of aliphatic imine (C=N–C) groups is 1. The second-order valence-corrected chi connectivity index (χ2v) is 7.87. The number of halogens is 1. The lowest BCUT2D eigenvalue weighted by Gasteiger charge is -2.36. The molecule has 0 aliphatic carbocycles. The quantitative estimate of drug-likeness (QED) is 0.351. The summed E-state index contributed by atoms with van der Waals surface area (Å²) in [6, 6.07) is 18.5. The minimum atomic E-state index is 0. The van der Waals surface area contributed by atoms with Gasteiger partial charge in [-0.15, -0.1) is 24.0 Å². The maximum atomic E-state index is 12.2. The first-order chi connectivity index (χ1) is 14.6. The van der Waals surface area contributed by atoms with Crippen LogP contribution in [0.5, 0.6) is 0 Å². The number of piperazine rings is 1. The molecule has 6 nitrogen and oxygen atoms in total. The highest BCUT2D eigenvalue weighted by molar-refractivity contribution is 14.0. The van der Waals surface area contributed by atoms with E-state index in [2.05, 4.69) is 56.5 Å². The van der Waals surface area contributed by atoms with Gasteiger partial charge in [-0.1, -0.05) is 42.5 Å². The van der Waals surface area contributed by atoms with Crippen molar-refractivity contribution in [1.82, 2.24) is 20.0 Å². The third kappa shape index (κ3) is 7.50. The first-order valence-corrected chi connectivity index (χ1v) is 10.6. The number of benzene rings is 2. The van der Waals surface area contributed by atoms with Crippen molar-refractivity contribution in [3.05, 3.63) is 71.3 Å². The summed E-state index contributed by atoms with van der Waals surface area (Å²) >= 11 is 0. The van der Waals surface area contributed by atoms with Gasteiger partial charge in [-0.3, -0.25) is 14.7 Å². The van der Waals surface area contributed by atoms with E-state index in [1.807, 2.05) is 25.2 Å². The fraction of sp³-hybridized carbons (Fsp3) is 0.417. The number of hydrogen-bond acceptors (Lipinski definition) is 3. The molecule has 2 aromatic carbocycles. The predicted octanol–water partition coefficient (Wildman–Crippen LogP) is 2.94. The molecular weight excluding hydrogens is 501 g/mol. The van der Waals surface area contributed by atoms with Crippen LogP contribution >= 0.6 is 24.0 Å². The van der Waals surface area contributed by atoms with E-state index < -0.39 is 0 Å². The molecule has 0 spiro atoms. The Morgan fingerprint density at radius 1 is 1.00 bits per heavy atom. The molecule has 1 heterocycles. The lowest BCUT2D eigenvalue weighted by molar-refractivity contribution is 0.0827. The van der Waals surface area contributed by atoms with Crippen molar-refractivity contribution in [3.8, 4) is 0 Å². The Kier molecular flexibility index (Phi) is 10.3. The Morgan fingerprint density at radius 3 is 2.32 bits per heavy atom. The summed E-state index contributed by atoms with van der Waals surface area (Å²) in [6.45, 7) is 5.80. The summed E-state index contributed by atoms with van der Waals surface area (Å²) in [5.74, 6) is 0.990. The van der Waals surface area contributed by atoms with E-state index in [0.717, 1.165) is 62.8 Å². The van der Waals surface area contributed by atoms with Crippen LogP contribution < -0.4 is 5.32 Å². The molecule has 1 aliphatic heterocycles. The molecule has 2 aromatic rings. The van der Waals surface area contributed by atoms with E-state index >= 15 is 0 Å². The summed E-state index contributed by atoms with van der Waals surface area (Å²) in [7, 11) is 5.40. The van der Waals surface area contributed by atoms with Crippen molar-refractivity contribution in [2.45, 2.75) is 13.0 Å². The van der Waals surface area contributed by atoms with Gasteiger partial charge in [-0.25, -0.2) is 0 Å². The van der Waals surface area contributed by atoms with E-state index in [1.165, 1.54) is 5.56 Å². The molecule has 168 valence electrons. The highest BCUT2D eigenvalue weighted by atomic mass is 127. The molecule has 0 bridgehead atoms. The number of carbonyl (C=O) groups is 1. The Bertz CT molecular complexity index is 848. The number of guanidine groups is 1. The molecule has 1 fully saturated rings. The molecule has 0 radical (unpaired) electrons. The predicted molar refractivity (Wildman–Crippen MR) is 138 cm³/mol. The maximum Gasteiger partial charge on any atom is 0.253 e. The first kappa shape index (κ1) is 25.1. The number of carbonyl (C=O) groups excluding carboxylic acids is 1. The Morgan fingerprint density at radius 2 is 1.68 bits per heavy atom. The lowest BCUT2D eigenvalue weighted by Crippen LogP contribution is -2.52. The summed E-state index contributed by atoms with van der Waals surface area (Å²) < 4.78 is 0. The van der Waals surface area contributed by atoms with E-state index in [4.69, 9.17) is 0 Å². The normalized spacial score (nSPS) is 14.7. The monoisotopic (exact) mass is 535 g/mol. The average Bonchev–Trinajstić information content (AvgIpc) is 2.78. The number of amides is 1. The zero-order chi connectivity index (χ0) is 21.3. The van der Waals surface area contributed by atoms with Crippen LogP contribution in [0.3, 0.4) is 0 Å². The summed E-state index contributed by atoms with van der Waals surface area (Å²) in [5, 5.41) is 3.49. The van der Waals surface area contributed by atoms with Gasteiger partial charge in [0.1, 0.15) is 0 Å². The van der Waals surface area contributed by atoms with Gasteiger partial charge >= 0.3 is 0 Å². The molecule has 0 aromatic heterocycles. The molecule has 1 saturated heterocycles. The third-order valence-corrected chi connectivity index (χ3v) is 5.41. The Balaban J connectivity index is 0.00000341. The van der Waals surface area contributed by atoms with Crippen molar-refractivity contribution in [2.24, 2.45) is 4.99 Å². The van der Waals surface area contributed by atoms with E-state index in [-0.39, 0.29) is 29.9 Å². The Hall–Kier alpha value is -2.13. The first-order valence-electron chi connectivity index (χ1n) is 10.6. The molecule has 31 heavy (non-hydrogen) atoms. The highest BCUT2D eigenvalue weighted by Crippen LogP contribution is 2.10. The van der Waals surface area contributed by atoms with E-state index in [9.17, 15) is 4.79 Å². The van der Waals surface area contributed by atoms with Crippen molar-refractivity contribution >= 4 is 35.8 Å². The van der Waals surface area contributed by atoms with Crippen molar-refractivity contribution in [1.29, 1.82) is 0 Å². The van der Waals surface area contributed by atoms with Crippen LogP contribution in [-0.2, 0) is 13.0 Å². The zero-order valence-corrected chi connectivity index (χ0v) is 21.1. The van der Waals surface area contributed by atoms with Gasteiger partial charge in [-0.2, -0.15) is 0 Å². The van der Waals surface area contributed by atoms with Crippen LogP contribution in [0.1, 0.15) is 21.5 Å². The summed E-state index contributed by atoms with van der Waals surface area (Å²) in [4.78, 5) is 23.1. The van der Waals surface area contributed by atoms with E-state index in [1.54, 1.807) is 19.0 Å². The van der Waals surface area contributed by atoms with Crippen molar-refractivity contribution in [3.63, 3.8) is 0 Å². The van der Waals surface area contributed by atoms with Gasteiger partial charge in [0, 0.05) is 66.0 Å². The summed E-state index contributed by atoms with van der Waals surface area (Å²) in [5.41, 5.74) is 3.25. The van der Waals surface area contributed by atoms with E-state index in [0.29, 0.717) is 0 Å². The fourth-order valence-electron chi connectivity index (χ4n) is 3.73. The standard InChI is InChI=1S/C24H33N5O.HI/c1-25-24(26-13-12-20-10-7-11-22(18-20)23(30)27(2)3)29-16-14-28(15-17-29)19-21-8-5-4-6-9-21;/h4-11,18H,12-17,19H2,1-3H3,(H,25,26);1H. The average molecular weight is 535 g/mol. The second-order valence-electron chi connectivity index (χ2n) is 7.87. The minimum Gasteiger partial charge on any atom is -0.356 e. The van der Waals surface area contributed by atoms with Gasteiger partial charge < -0.3 is 15.1 Å². The molecule has 1 N–H and O–H groups in total. The maximum absolute atomic E-state index is 12.2. The Labute approximate surface area is 203 Å². The van der Waals surface area contributed by atoms with Crippen LogP contribution in [0.2, 0.25) is 0 Å². The number of nitrogens with one attached hydrogen (secondary N) is 1. The zero-order valence-electron chi connectivity index (χ0n) is 18.8.